The lowest BCUT2D eigenvalue weighted by atomic mass is 10.2. The summed E-state index contributed by atoms with van der Waals surface area (Å²) in [6, 6.07) is 0. The molecule has 59 valence electrons. The monoisotopic (exact) mass is 199 g/mol. The summed E-state index contributed by atoms with van der Waals surface area (Å²) in [5, 5.41) is 0.0595. The van der Waals surface area contributed by atoms with Gasteiger partial charge in [0.25, 0.3) is 0 Å². The number of unbranched alkanes of at least 4 members (excludes halogenated alkanes) is 1. The zero-order chi connectivity index (χ0) is 8.20. The Bertz CT molecular complexity index is 118. The minimum absolute atomic E-state index is 0.0595. The standard InChI is InChI=1S/C7H10Cl3/c1-3-4-5-7(9,10)6(2)8/h2H,3-5H2,1H3. The van der Waals surface area contributed by atoms with Crippen LogP contribution >= 0.6 is 34.8 Å². The molecule has 0 atom stereocenters. The van der Waals surface area contributed by atoms with Gasteiger partial charge in [0.05, 0.1) is 5.03 Å². The first-order chi connectivity index (χ1) is 4.50. The Morgan fingerprint density at radius 3 is 2.30 bits per heavy atom. The largest absolute Gasteiger partial charge is 0.153 e. The Morgan fingerprint density at radius 1 is 1.50 bits per heavy atom. The van der Waals surface area contributed by atoms with Gasteiger partial charge in [-0.15, -0.1) is 0 Å². The van der Waals surface area contributed by atoms with E-state index in [2.05, 4.69) is 0 Å². The van der Waals surface area contributed by atoms with Crippen molar-refractivity contribution in [3.63, 3.8) is 0 Å². The van der Waals surface area contributed by atoms with E-state index in [1.807, 2.05) is 6.92 Å². The van der Waals surface area contributed by atoms with Crippen LogP contribution in [0.4, 0.5) is 0 Å². The summed E-state index contributed by atoms with van der Waals surface area (Å²) in [6.45, 7) is 7.28. The molecule has 10 heavy (non-hydrogen) atoms. The van der Waals surface area contributed by atoms with Crippen molar-refractivity contribution in [2.75, 3.05) is 0 Å². The van der Waals surface area contributed by atoms with E-state index in [4.69, 9.17) is 41.4 Å². The molecule has 0 aliphatic carbocycles. The van der Waals surface area contributed by atoms with Gasteiger partial charge in [-0.1, -0.05) is 54.6 Å². The molecule has 0 heterocycles. The highest BCUT2D eigenvalue weighted by Gasteiger charge is 2.25. The molecule has 0 N–H and O–H groups in total. The summed E-state index contributed by atoms with van der Waals surface area (Å²) in [7, 11) is 0. The summed E-state index contributed by atoms with van der Waals surface area (Å²) in [5.41, 5.74) is 0. The van der Waals surface area contributed by atoms with Gasteiger partial charge in [-0.3, -0.25) is 0 Å². The fraction of sp³-hybridized carbons (Fsp3) is 0.714. The summed E-state index contributed by atoms with van der Waals surface area (Å²) in [4.78, 5) is 0. The van der Waals surface area contributed by atoms with Crippen molar-refractivity contribution >= 4 is 34.8 Å². The predicted octanol–water partition coefficient (Wildman–Crippen LogP) is 3.91. The molecule has 0 amide bonds. The van der Waals surface area contributed by atoms with Gasteiger partial charge in [-0.05, 0) is 13.0 Å². The van der Waals surface area contributed by atoms with Crippen LogP contribution < -0.4 is 0 Å². The second-order valence-electron chi connectivity index (χ2n) is 2.16. The first-order valence-electron chi connectivity index (χ1n) is 3.17. The van der Waals surface area contributed by atoms with Crippen molar-refractivity contribution in [2.24, 2.45) is 0 Å². The Balaban J connectivity index is 3.75. The van der Waals surface area contributed by atoms with Gasteiger partial charge < -0.3 is 0 Å². The smallest absolute Gasteiger partial charge is 0.0953 e. The quantitative estimate of drug-likeness (QED) is 0.604. The maximum atomic E-state index is 5.72. The molecule has 0 aromatic rings. The molecule has 0 unspecified atom stereocenters. The minimum atomic E-state index is -1.04. The summed E-state index contributed by atoms with van der Waals surface area (Å²) in [6.07, 6.45) is 2.58. The first kappa shape index (κ1) is 10.6. The van der Waals surface area contributed by atoms with E-state index in [0.29, 0.717) is 6.42 Å². The van der Waals surface area contributed by atoms with Crippen molar-refractivity contribution in [1.82, 2.24) is 0 Å². The topological polar surface area (TPSA) is 0 Å². The highest BCUT2D eigenvalue weighted by molar-refractivity contribution is 6.55. The van der Waals surface area contributed by atoms with E-state index in [-0.39, 0.29) is 5.03 Å². The van der Waals surface area contributed by atoms with E-state index in [1.54, 1.807) is 0 Å². The van der Waals surface area contributed by atoms with Crippen LogP contribution in [0.5, 0.6) is 0 Å². The fourth-order valence-electron chi connectivity index (χ4n) is 0.518. The molecule has 0 bridgehead atoms. The van der Waals surface area contributed by atoms with Crippen LogP contribution in [0.3, 0.4) is 0 Å². The van der Waals surface area contributed by atoms with E-state index in [1.165, 1.54) is 0 Å². The molecule has 3 heteroatoms. The van der Waals surface area contributed by atoms with Crippen LogP contribution in [0.2, 0.25) is 0 Å². The van der Waals surface area contributed by atoms with Crippen LogP contribution in [0.25, 0.3) is 0 Å². The van der Waals surface area contributed by atoms with Crippen LogP contribution in [0, 0.1) is 6.58 Å². The van der Waals surface area contributed by atoms with E-state index in [9.17, 15) is 0 Å². The third-order valence-electron chi connectivity index (χ3n) is 1.19. The van der Waals surface area contributed by atoms with Crippen LogP contribution in [0.1, 0.15) is 26.2 Å². The van der Waals surface area contributed by atoms with Crippen LogP contribution in [0.15, 0.2) is 5.03 Å². The minimum Gasteiger partial charge on any atom is -0.0953 e. The SMILES string of the molecule is [CH]=C(Cl)C(Cl)(Cl)CCCC. The molecule has 0 fully saturated rings. The fourth-order valence-corrected chi connectivity index (χ4v) is 0.880. The molecule has 0 spiro atoms. The van der Waals surface area contributed by atoms with Crippen molar-refractivity contribution in [3.8, 4) is 0 Å². The van der Waals surface area contributed by atoms with Crippen molar-refractivity contribution in [2.45, 2.75) is 30.5 Å². The third kappa shape index (κ3) is 3.70. The molecular weight excluding hydrogens is 190 g/mol. The van der Waals surface area contributed by atoms with Crippen molar-refractivity contribution in [3.05, 3.63) is 11.6 Å². The molecule has 0 saturated carbocycles. The van der Waals surface area contributed by atoms with E-state index < -0.39 is 4.33 Å². The summed E-state index contributed by atoms with van der Waals surface area (Å²) in [5.74, 6) is 0. The molecular formula is C7H10Cl3. The average Bonchev–Trinajstić information content (AvgIpc) is 1.84. The molecule has 0 nitrogen and oxygen atoms in total. The summed E-state index contributed by atoms with van der Waals surface area (Å²) >= 11 is 16.9. The van der Waals surface area contributed by atoms with Crippen molar-refractivity contribution in [1.29, 1.82) is 0 Å². The van der Waals surface area contributed by atoms with Crippen molar-refractivity contribution < 1.29 is 0 Å². The average molecular weight is 201 g/mol. The second-order valence-corrected chi connectivity index (χ2v) is 4.05. The number of allylic oxidation sites excluding steroid dienone is 1. The van der Waals surface area contributed by atoms with E-state index in [0.717, 1.165) is 12.8 Å². The maximum Gasteiger partial charge on any atom is 0.153 e. The Morgan fingerprint density at radius 2 is 2.00 bits per heavy atom. The number of rotatable bonds is 4. The molecule has 0 saturated heterocycles. The van der Waals surface area contributed by atoms with Gasteiger partial charge >= 0.3 is 0 Å². The molecule has 0 aromatic carbocycles. The molecule has 0 aromatic heterocycles. The molecule has 0 rings (SSSR count). The number of halogens is 3. The lowest BCUT2D eigenvalue weighted by molar-refractivity contribution is 0.699. The van der Waals surface area contributed by atoms with Gasteiger partial charge in [-0.2, -0.15) is 0 Å². The lowest BCUT2D eigenvalue weighted by Gasteiger charge is -2.16. The highest BCUT2D eigenvalue weighted by Crippen LogP contribution is 2.36. The number of hydrogen-bond donors (Lipinski definition) is 0. The first-order valence-corrected chi connectivity index (χ1v) is 4.30. The maximum absolute atomic E-state index is 5.72. The van der Waals surface area contributed by atoms with Gasteiger partial charge in [-0.25, -0.2) is 0 Å². The second kappa shape index (κ2) is 4.48. The number of alkyl halides is 2. The molecule has 1 radical (unpaired) electrons. The van der Waals surface area contributed by atoms with E-state index >= 15 is 0 Å². The lowest BCUT2D eigenvalue weighted by Crippen LogP contribution is -2.11. The predicted molar refractivity (Wildman–Crippen MR) is 47.6 cm³/mol. The zero-order valence-corrected chi connectivity index (χ0v) is 8.10. The van der Waals surface area contributed by atoms with Gasteiger partial charge in [0.1, 0.15) is 0 Å². The Kier molecular flexibility index (Phi) is 4.75. The van der Waals surface area contributed by atoms with Gasteiger partial charge in [0.2, 0.25) is 0 Å². The Hall–Kier alpha value is 0.610. The van der Waals surface area contributed by atoms with Crippen LogP contribution in [-0.4, -0.2) is 4.33 Å². The normalized spacial score (nSPS) is 11.6. The molecule has 0 aliphatic rings. The highest BCUT2D eigenvalue weighted by atomic mass is 35.5. The summed E-state index contributed by atoms with van der Waals surface area (Å²) < 4.78 is -1.04. The van der Waals surface area contributed by atoms with Crippen LogP contribution in [-0.2, 0) is 0 Å². The molecule has 0 aliphatic heterocycles. The van der Waals surface area contributed by atoms with Gasteiger partial charge in [0.15, 0.2) is 4.33 Å². The Labute approximate surface area is 77.1 Å². The van der Waals surface area contributed by atoms with Gasteiger partial charge in [0, 0.05) is 0 Å². The third-order valence-corrected chi connectivity index (χ3v) is 2.49. The zero-order valence-electron chi connectivity index (χ0n) is 5.83. The number of hydrogen-bond acceptors (Lipinski definition) is 0.